The van der Waals surface area contributed by atoms with E-state index in [1.807, 2.05) is 48.5 Å². The molecule has 0 saturated heterocycles. The fraction of sp³-hybridized carbons (Fsp3) is 0.350. The molecule has 0 saturated carbocycles. The van der Waals surface area contributed by atoms with Crippen LogP contribution in [0.4, 0.5) is 0 Å². The van der Waals surface area contributed by atoms with Gasteiger partial charge in [-0.05, 0) is 49.0 Å². The van der Waals surface area contributed by atoms with Crippen LogP contribution in [-0.4, -0.2) is 42.9 Å². The van der Waals surface area contributed by atoms with Crippen LogP contribution in [0.15, 0.2) is 48.5 Å². The molecule has 138 valence electrons. The predicted molar refractivity (Wildman–Crippen MR) is 106 cm³/mol. The van der Waals surface area contributed by atoms with Crippen LogP contribution < -0.4 is 19.5 Å². The molecule has 0 aliphatic carbocycles. The van der Waals surface area contributed by atoms with E-state index in [0.717, 1.165) is 29.4 Å². The zero-order valence-corrected chi connectivity index (χ0v) is 15.9. The molecule has 2 aromatic rings. The summed E-state index contributed by atoms with van der Waals surface area (Å²) in [5.41, 5.74) is 1.15. The van der Waals surface area contributed by atoms with Crippen molar-refractivity contribution in [2.45, 2.75) is 19.6 Å². The third kappa shape index (κ3) is 4.58. The van der Waals surface area contributed by atoms with Crippen LogP contribution in [0.1, 0.15) is 12.5 Å². The van der Waals surface area contributed by atoms with Crippen molar-refractivity contribution >= 4 is 17.3 Å². The summed E-state index contributed by atoms with van der Waals surface area (Å²) in [6.07, 6.45) is -0.0504. The first-order valence-corrected chi connectivity index (χ1v) is 9.14. The van der Waals surface area contributed by atoms with E-state index >= 15 is 0 Å². The van der Waals surface area contributed by atoms with Crippen molar-refractivity contribution in [2.75, 3.05) is 26.8 Å². The van der Waals surface area contributed by atoms with Crippen LogP contribution >= 0.6 is 12.2 Å². The second-order valence-corrected chi connectivity index (χ2v) is 6.43. The van der Waals surface area contributed by atoms with Gasteiger partial charge in [-0.1, -0.05) is 24.3 Å². The van der Waals surface area contributed by atoms with Crippen molar-refractivity contribution in [3.05, 3.63) is 54.1 Å². The number of ether oxygens (including phenoxy) is 3. The molecule has 5 nitrogen and oxygen atoms in total. The van der Waals surface area contributed by atoms with E-state index in [9.17, 15) is 0 Å². The van der Waals surface area contributed by atoms with Gasteiger partial charge in [0, 0.05) is 13.1 Å². The molecule has 1 aliphatic rings. The molecule has 26 heavy (non-hydrogen) atoms. The molecule has 1 aliphatic heterocycles. The number of thiocarbonyl (C=S) groups is 1. The molecule has 0 spiro atoms. The summed E-state index contributed by atoms with van der Waals surface area (Å²) in [6.45, 7) is 4.76. The average molecular weight is 372 g/mol. The highest BCUT2D eigenvalue weighted by Crippen LogP contribution is 2.31. The standard InChI is InChI=1S/C20H24N2O3S/c1-3-22(13-17-14-24-18-6-4-5-7-19(18)25-17)20(26)21-12-15-8-10-16(23-2)11-9-15/h4-11,17H,3,12-14H2,1-2H3,(H,21,26)/t17-/m0/s1. The third-order valence-corrected chi connectivity index (χ3v) is 4.67. The number of nitrogens with zero attached hydrogens (tertiary/aromatic N) is 1. The molecule has 0 radical (unpaired) electrons. The first-order valence-electron chi connectivity index (χ1n) is 8.73. The van der Waals surface area contributed by atoms with E-state index < -0.39 is 0 Å². The predicted octanol–water partition coefficient (Wildman–Crippen LogP) is 3.23. The summed E-state index contributed by atoms with van der Waals surface area (Å²) in [4.78, 5) is 2.10. The highest BCUT2D eigenvalue weighted by atomic mass is 32.1. The Balaban J connectivity index is 1.52. The zero-order chi connectivity index (χ0) is 18.4. The van der Waals surface area contributed by atoms with Crippen molar-refractivity contribution < 1.29 is 14.2 Å². The lowest BCUT2D eigenvalue weighted by atomic mass is 10.2. The van der Waals surface area contributed by atoms with Gasteiger partial charge in [0.05, 0.1) is 13.7 Å². The number of rotatable bonds is 6. The second kappa shape index (κ2) is 8.76. The maximum absolute atomic E-state index is 6.03. The minimum atomic E-state index is -0.0504. The Morgan fingerprint density at radius 1 is 1.19 bits per heavy atom. The Bertz CT molecular complexity index is 736. The van der Waals surface area contributed by atoms with Crippen molar-refractivity contribution in [1.82, 2.24) is 10.2 Å². The second-order valence-electron chi connectivity index (χ2n) is 6.04. The highest BCUT2D eigenvalue weighted by molar-refractivity contribution is 7.80. The molecule has 2 aromatic carbocycles. The molecule has 1 N–H and O–H groups in total. The lowest BCUT2D eigenvalue weighted by molar-refractivity contribution is 0.0748. The van der Waals surface area contributed by atoms with Crippen LogP contribution in [0.2, 0.25) is 0 Å². The molecule has 1 atom stereocenters. The number of methoxy groups -OCH3 is 1. The summed E-state index contributed by atoms with van der Waals surface area (Å²) in [7, 11) is 1.66. The van der Waals surface area contributed by atoms with Gasteiger partial charge in [0.2, 0.25) is 0 Å². The summed E-state index contributed by atoms with van der Waals surface area (Å²) >= 11 is 5.56. The largest absolute Gasteiger partial charge is 0.497 e. The van der Waals surface area contributed by atoms with Crippen LogP contribution in [-0.2, 0) is 6.54 Å². The van der Waals surface area contributed by atoms with Crippen molar-refractivity contribution in [2.24, 2.45) is 0 Å². The van der Waals surface area contributed by atoms with Gasteiger partial charge < -0.3 is 24.4 Å². The van der Waals surface area contributed by atoms with E-state index in [1.54, 1.807) is 7.11 Å². The maximum Gasteiger partial charge on any atom is 0.169 e. The Morgan fingerprint density at radius 2 is 1.92 bits per heavy atom. The van der Waals surface area contributed by atoms with Gasteiger partial charge >= 0.3 is 0 Å². The fourth-order valence-electron chi connectivity index (χ4n) is 2.79. The lowest BCUT2D eigenvalue weighted by Crippen LogP contribution is -2.47. The number of hydrogen-bond acceptors (Lipinski definition) is 4. The lowest BCUT2D eigenvalue weighted by Gasteiger charge is -2.32. The Kier molecular flexibility index (Phi) is 6.17. The minimum Gasteiger partial charge on any atom is -0.497 e. The van der Waals surface area contributed by atoms with Crippen LogP contribution in [0.3, 0.4) is 0 Å². The first-order chi connectivity index (χ1) is 12.7. The van der Waals surface area contributed by atoms with E-state index in [1.165, 1.54) is 0 Å². The van der Waals surface area contributed by atoms with Crippen molar-refractivity contribution in [1.29, 1.82) is 0 Å². The third-order valence-electron chi connectivity index (χ3n) is 4.26. The van der Waals surface area contributed by atoms with Gasteiger partial charge in [-0.3, -0.25) is 0 Å². The first kappa shape index (κ1) is 18.3. The number of hydrogen-bond donors (Lipinski definition) is 1. The van der Waals surface area contributed by atoms with E-state index in [0.29, 0.717) is 24.8 Å². The summed E-state index contributed by atoms with van der Waals surface area (Å²) in [5.74, 6) is 2.44. The van der Waals surface area contributed by atoms with Gasteiger partial charge in [-0.2, -0.15) is 0 Å². The molecular weight excluding hydrogens is 348 g/mol. The zero-order valence-electron chi connectivity index (χ0n) is 15.1. The molecule has 0 fully saturated rings. The van der Waals surface area contributed by atoms with Crippen LogP contribution in [0.5, 0.6) is 17.2 Å². The minimum absolute atomic E-state index is 0.0504. The van der Waals surface area contributed by atoms with Gasteiger partial charge in [0.25, 0.3) is 0 Å². The quantitative estimate of drug-likeness (QED) is 0.786. The molecule has 0 aromatic heterocycles. The molecule has 3 rings (SSSR count). The number of nitrogens with one attached hydrogen (secondary N) is 1. The number of benzene rings is 2. The number of likely N-dealkylation sites (N-methyl/N-ethyl adjacent to an activating group) is 1. The van der Waals surface area contributed by atoms with Crippen molar-refractivity contribution in [3.8, 4) is 17.2 Å². The highest BCUT2D eigenvalue weighted by Gasteiger charge is 2.23. The van der Waals surface area contributed by atoms with Gasteiger partial charge in [-0.25, -0.2) is 0 Å². The fourth-order valence-corrected chi connectivity index (χ4v) is 3.06. The molecule has 0 unspecified atom stereocenters. The molecule has 1 heterocycles. The van der Waals surface area contributed by atoms with E-state index in [4.69, 9.17) is 26.4 Å². The maximum atomic E-state index is 6.03. The number of para-hydroxylation sites is 2. The monoisotopic (exact) mass is 372 g/mol. The summed E-state index contributed by atoms with van der Waals surface area (Å²) in [5, 5.41) is 4.03. The Morgan fingerprint density at radius 3 is 2.62 bits per heavy atom. The molecule has 0 bridgehead atoms. The van der Waals surface area contributed by atoms with Crippen LogP contribution in [0.25, 0.3) is 0 Å². The van der Waals surface area contributed by atoms with Gasteiger partial charge in [0.1, 0.15) is 12.4 Å². The van der Waals surface area contributed by atoms with E-state index in [-0.39, 0.29) is 6.10 Å². The molecular formula is C20H24N2O3S. The van der Waals surface area contributed by atoms with E-state index in [2.05, 4.69) is 17.1 Å². The summed E-state index contributed by atoms with van der Waals surface area (Å²) in [6, 6.07) is 15.7. The normalized spacial score (nSPS) is 15.2. The van der Waals surface area contributed by atoms with Crippen LogP contribution in [0, 0.1) is 0 Å². The SMILES string of the molecule is CCN(C[C@H]1COc2ccccc2O1)C(=S)NCc1ccc(OC)cc1. The number of fused-ring (bicyclic) bond motifs is 1. The smallest absolute Gasteiger partial charge is 0.169 e. The summed E-state index contributed by atoms with van der Waals surface area (Å²) < 4.78 is 17.0. The molecule has 0 amide bonds. The Hall–Kier alpha value is -2.47. The van der Waals surface area contributed by atoms with Gasteiger partial charge in [-0.15, -0.1) is 0 Å². The average Bonchev–Trinajstić information content (AvgIpc) is 2.70. The molecule has 6 heteroatoms. The van der Waals surface area contributed by atoms with Gasteiger partial charge in [0.15, 0.2) is 22.7 Å². The Labute approximate surface area is 159 Å². The topological polar surface area (TPSA) is 43.0 Å². The van der Waals surface area contributed by atoms with Crippen molar-refractivity contribution in [3.63, 3.8) is 0 Å².